The van der Waals surface area contributed by atoms with Crippen molar-refractivity contribution in [2.45, 2.75) is 18.6 Å². The summed E-state index contributed by atoms with van der Waals surface area (Å²) in [6, 6.07) is 10.8. The number of alkyl halides is 3. The van der Waals surface area contributed by atoms with Gasteiger partial charge in [-0.3, -0.25) is 9.69 Å². The van der Waals surface area contributed by atoms with Gasteiger partial charge in [-0.1, -0.05) is 30.0 Å². The van der Waals surface area contributed by atoms with E-state index in [1.807, 2.05) is 6.07 Å². The van der Waals surface area contributed by atoms with E-state index in [0.717, 1.165) is 18.1 Å². The lowest BCUT2D eigenvalue weighted by molar-refractivity contribution is -0.149. The second kappa shape index (κ2) is 7.45. The van der Waals surface area contributed by atoms with E-state index in [0.29, 0.717) is 31.0 Å². The molecule has 2 aromatic rings. The van der Waals surface area contributed by atoms with Crippen LogP contribution in [0.25, 0.3) is 0 Å². The Morgan fingerprint density at radius 3 is 2.62 bits per heavy atom. The van der Waals surface area contributed by atoms with Gasteiger partial charge in [-0.25, -0.2) is 0 Å². The highest BCUT2D eigenvalue weighted by Crippen LogP contribution is 2.32. The van der Waals surface area contributed by atoms with Gasteiger partial charge in [-0.05, 0) is 36.2 Å². The number of hydrogen-bond donors (Lipinski definition) is 1. The van der Waals surface area contributed by atoms with E-state index in [4.69, 9.17) is 9.84 Å². The van der Waals surface area contributed by atoms with E-state index < -0.39 is 17.7 Å². The number of hydrogen-bond acceptors (Lipinski definition) is 3. The number of likely N-dealkylation sites (tertiary alicyclic amines) is 1. The highest BCUT2D eigenvalue weighted by atomic mass is 19.4. The molecule has 0 amide bonds. The molecule has 1 saturated heterocycles. The summed E-state index contributed by atoms with van der Waals surface area (Å²) in [6.45, 7) is 1.51. The molecule has 0 bridgehead atoms. The minimum Gasteiger partial charge on any atom is -0.492 e. The molecule has 0 saturated carbocycles. The number of carboxylic acids is 1. The Kier molecular flexibility index (Phi) is 4.97. The first-order valence-electron chi connectivity index (χ1n) is 9.22. The third-order valence-corrected chi connectivity index (χ3v) is 5.30. The Bertz CT molecular complexity index is 1000. The average Bonchev–Trinajstić information content (AvgIpc) is 2.64. The number of ether oxygens (including phenoxy) is 1. The standard InChI is InChI=1S/C22H18F3NO3/c23-22(24,25)19-4-2-1-3-15(19)7-5-14-6-8-16-10-18(13-29-20(16)9-14)26-11-17(12-26)21(27)28/h1-4,6,8-9,17-18H,10-13H2,(H,27,28). The average molecular weight is 401 g/mol. The van der Waals surface area contributed by atoms with E-state index in [-0.39, 0.29) is 17.5 Å². The molecule has 4 rings (SSSR count). The van der Waals surface area contributed by atoms with Gasteiger partial charge in [-0.2, -0.15) is 13.2 Å². The van der Waals surface area contributed by atoms with Gasteiger partial charge in [0.15, 0.2) is 0 Å². The van der Waals surface area contributed by atoms with Crippen molar-refractivity contribution < 1.29 is 27.8 Å². The molecule has 4 nitrogen and oxygen atoms in total. The number of rotatable bonds is 2. The summed E-state index contributed by atoms with van der Waals surface area (Å²) in [6.07, 6.45) is -3.71. The number of halogens is 3. The zero-order valence-corrected chi connectivity index (χ0v) is 15.4. The normalized spacial score (nSPS) is 19.3. The molecule has 0 spiro atoms. The Morgan fingerprint density at radius 1 is 1.14 bits per heavy atom. The summed E-state index contributed by atoms with van der Waals surface area (Å²) in [5, 5.41) is 9.00. The molecule has 7 heteroatoms. The molecule has 1 atom stereocenters. The monoisotopic (exact) mass is 401 g/mol. The van der Waals surface area contributed by atoms with Gasteiger partial charge in [0.1, 0.15) is 12.4 Å². The molecule has 2 heterocycles. The lowest BCUT2D eigenvalue weighted by Crippen LogP contribution is -2.57. The van der Waals surface area contributed by atoms with Gasteiger partial charge in [0.2, 0.25) is 0 Å². The van der Waals surface area contributed by atoms with Crippen LogP contribution in [0, 0.1) is 17.8 Å². The number of aliphatic carboxylic acids is 1. The number of carbonyl (C=O) groups is 1. The summed E-state index contributed by atoms with van der Waals surface area (Å²) in [4.78, 5) is 13.1. The first kappa shape index (κ1) is 19.3. The van der Waals surface area contributed by atoms with E-state index in [1.165, 1.54) is 18.2 Å². The van der Waals surface area contributed by atoms with Gasteiger partial charge >= 0.3 is 12.1 Å². The van der Waals surface area contributed by atoms with Crippen LogP contribution >= 0.6 is 0 Å². The minimum absolute atomic E-state index is 0.0653. The van der Waals surface area contributed by atoms with Crippen molar-refractivity contribution >= 4 is 5.97 Å². The van der Waals surface area contributed by atoms with Gasteiger partial charge in [0.25, 0.3) is 0 Å². The third-order valence-electron chi connectivity index (χ3n) is 5.30. The Labute approximate surface area is 165 Å². The summed E-state index contributed by atoms with van der Waals surface area (Å²) in [5.41, 5.74) is 0.749. The smallest absolute Gasteiger partial charge is 0.417 e. The molecule has 29 heavy (non-hydrogen) atoms. The van der Waals surface area contributed by atoms with Crippen molar-refractivity contribution in [3.8, 4) is 17.6 Å². The fraction of sp³-hybridized carbons (Fsp3) is 0.318. The number of carboxylic acid groups (broad SMARTS) is 1. The molecular formula is C22H18F3NO3. The maximum atomic E-state index is 13.1. The van der Waals surface area contributed by atoms with Crippen LogP contribution in [0.2, 0.25) is 0 Å². The second-order valence-corrected chi connectivity index (χ2v) is 7.27. The molecular weight excluding hydrogens is 383 g/mol. The summed E-state index contributed by atoms with van der Waals surface area (Å²) in [7, 11) is 0. The lowest BCUT2D eigenvalue weighted by Gasteiger charge is -2.43. The highest BCUT2D eigenvalue weighted by molar-refractivity contribution is 5.71. The van der Waals surface area contributed by atoms with Crippen molar-refractivity contribution in [2.75, 3.05) is 19.7 Å². The van der Waals surface area contributed by atoms with Crippen LogP contribution in [0.5, 0.6) is 5.75 Å². The summed E-state index contributed by atoms with van der Waals surface area (Å²) < 4.78 is 45.1. The van der Waals surface area contributed by atoms with E-state index in [9.17, 15) is 18.0 Å². The van der Waals surface area contributed by atoms with Gasteiger partial charge in [0.05, 0.1) is 11.5 Å². The molecule has 150 valence electrons. The van der Waals surface area contributed by atoms with Crippen LogP contribution in [-0.4, -0.2) is 41.7 Å². The molecule has 1 fully saturated rings. The highest BCUT2D eigenvalue weighted by Gasteiger charge is 2.38. The third kappa shape index (κ3) is 4.08. The maximum Gasteiger partial charge on any atom is 0.417 e. The quantitative estimate of drug-likeness (QED) is 0.784. The van der Waals surface area contributed by atoms with Crippen molar-refractivity contribution in [1.82, 2.24) is 4.90 Å². The largest absolute Gasteiger partial charge is 0.492 e. The van der Waals surface area contributed by atoms with Crippen molar-refractivity contribution in [3.63, 3.8) is 0 Å². The van der Waals surface area contributed by atoms with Crippen LogP contribution in [-0.2, 0) is 17.4 Å². The van der Waals surface area contributed by atoms with Crippen LogP contribution in [0.3, 0.4) is 0 Å². The van der Waals surface area contributed by atoms with Crippen molar-refractivity contribution in [1.29, 1.82) is 0 Å². The fourth-order valence-corrected chi connectivity index (χ4v) is 3.61. The van der Waals surface area contributed by atoms with Crippen molar-refractivity contribution in [2.24, 2.45) is 5.92 Å². The minimum atomic E-state index is -4.45. The molecule has 0 aliphatic carbocycles. The second-order valence-electron chi connectivity index (χ2n) is 7.27. The predicted molar refractivity (Wildman–Crippen MR) is 99.6 cm³/mol. The zero-order chi connectivity index (χ0) is 20.6. The lowest BCUT2D eigenvalue weighted by atomic mass is 9.93. The Balaban J connectivity index is 1.48. The van der Waals surface area contributed by atoms with Crippen LogP contribution in [0.4, 0.5) is 13.2 Å². The van der Waals surface area contributed by atoms with Crippen molar-refractivity contribution in [3.05, 3.63) is 64.7 Å². The van der Waals surface area contributed by atoms with E-state index >= 15 is 0 Å². The van der Waals surface area contributed by atoms with Crippen LogP contribution in [0.15, 0.2) is 42.5 Å². The van der Waals surface area contributed by atoms with Gasteiger partial charge in [-0.15, -0.1) is 0 Å². The molecule has 2 aliphatic heterocycles. The van der Waals surface area contributed by atoms with Crippen LogP contribution < -0.4 is 4.74 Å². The molecule has 1 unspecified atom stereocenters. The first-order valence-corrected chi connectivity index (χ1v) is 9.22. The van der Waals surface area contributed by atoms with E-state index in [1.54, 1.807) is 12.1 Å². The summed E-state index contributed by atoms with van der Waals surface area (Å²) >= 11 is 0. The SMILES string of the molecule is O=C(O)C1CN(C2COc3cc(C#Cc4ccccc4C(F)(F)F)ccc3C2)C1. The van der Waals surface area contributed by atoms with Gasteiger partial charge in [0, 0.05) is 30.3 Å². The summed E-state index contributed by atoms with van der Waals surface area (Å²) in [5.74, 6) is 5.00. The molecule has 2 aliphatic rings. The maximum absolute atomic E-state index is 13.1. The Morgan fingerprint density at radius 2 is 1.90 bits per heavy atom. The topological polar surface area (TPSA) is 49.8 Å². The van der Waals surface area contributed by atoms with Crippen LogP contribution in [0.1, 0.15) is 22.3 Å². The molecule has 0 aromatic heterocycles. The zero-order valence-electron chi connectivity index (χ0n) is 15.4. The number of fused-ring (bicyclic) bond motifs is 1. The molecule has 1 N–H and O–H groups in total. The predicted octanol–water partition coefficient (Wildman–Crippen LogP) is 3.43. The fourth-order valence-electron chi connectivity index (χ4n) is 3.61. The molecule has 0 radical (unpaired) electrons. The number of benzene rings is 2. The number of nitrogens with zero attached hydrogens (tertiary/aromatic N) is 1. The first-order chi connectivity index (χ1) is 13.8. The van der Waals surface area contributed by atoms with E-state index in [2.05, 4.69) is 16.7 Å². The molecule has 2 aromatic carbocycles. The Hall–Kier alpha value is -2.98. The van der Waals surface area contributed by atoms with Gasteiger partial charge < -0.3 is 9.84 Å².